The van der Waals surface area contributed by atoms with Crippen molar-refractivity contribution in [2.45, 2.75) is 32.6 Å². The highest BCUT2D eigenvalue weighted by Gasteiger charge is 2.29. The topological polar surface area (TPSA) is 68.0 Å². The van der Waals surface area contributed by atoms with E-state index >= 15 is 0 Å². The highest BCUT2D eigenvalue weighted by molar-refractivity contribution is 5.92. The average molecular weight is 247 g/mol. The Hall–Kier alpha value is -1.42. The maximum atomic E-state index is 12.2. The summed E-state index contributed by atoms with van der Waals surface area (Å²) in [5.41, 5.74) is 7.47. The van der Waals surface area contributed by atoms with E-state index in [2.05, 4.69) is 10.3 Å². The van der Waals surface area contributed by atoms with Gasteiger partial charge in [-0.1, -0.05) is 12.8 Å². The molecule has 4 nitrogen and oxygen atoms in total. The van der Waals surface area contributed by atoms with Crippen LogP contribution in [0.25, 0.3) is 0 Å². The van der Waals surface area contributed by atoms with Gasteiger partial charge in [0.25, 0.3) is 0 Å². The molecule has 1 saturated carbocycles. The molecule has 0 aromatic carbocycles. The van der Waals surface area contributed by atoms with E-state index in [4.69, 9.17) is 5.73 Å². The minimum Gasteiger partial charge on any atom is -0.330 e. The molecule has 1 heterocycles. The minimum atomic E-state index is 0.0602. The van der Waals surface area contributed by atoms with E-state index in [9.17, 15) is 4.79 Å². The molecule has 18 heavy (non-hydrogen) atoms. The normalized spacial score (nSPS) is 23.7. The van der Waals surface area contributed by atoms with E-state index in [0.29, 0.717) is 12.5 Å². The molecule has 0 bridgehead atoms. The first-order chi connectivity index (χ1) is 8.70. The summed E-state index contributed by atoms with van der Waals surface area (Å²) in [6, 6.07) is 3.79. The number of rotatable bonds is 3. The molecule has 2 atom stereocenters. The molecule has 3 N–H and O–H groups in total. The lowest BCUT2D eigenvalue weighted by molar-refractivity contribution is -0.122. The molecule has 1 fully saturated rings. The van der Waals surface area contributed by atoms with Crippen molar-refractivity contribution in [3.8, 4) is 0 Å². The first kappa shape index (κ1) is 13.0. The van der Waals surface area contributed by atoms with Gasteiger partial charge in [-0.15, -0.1) is 0 Å². The average Bonchev–Trinajstić information content (AvgIpc) is 2.41. The number of aromatic nitrogens is 1. The largest absolute Gasteiger partial charge is 0.330 e. The van der Waals surface area contributed by atoms with E-state index in [1.54, 1.807) is 6.20 Å². The molecule has 98 valence electrons. The van der Waals surface area contributed by atoms with Crippen LogP contribution in [-0.4, -0.2) is 17.4 Å². The first-order valence-electron chi connectivity index (χ1n) is 6.64. The molecule has 2 rings (SSSR count). The summed E-state index contributed by atoms with van der Waals surface area (Å²) < 4.78 is 0. The number of nitrogens with zero attached hydrogens (tertiary/aromatic N) is 1. The second-order valence-corrected chi connectivity index (χ2v) is 5.06. The van der Waals surface area contributed by atoms with Crippen molar-refractivity contribution in [3.63, 3.8) is 0 Å². The fraction of sp³-hybridized carbons (Fsp3) is 0.571. The zero-order chi connectivity index (χ0) is 13.0. The molecule has 2 unspecified atom stereocenters. The summed E-state index contributed by atoms with van der Waals surface area (Å²) >= 11 is 0. The Kier molecular flexibility index (Phi) is 4.31. The van der Waals surface area contributed by atoms with Crippen LogP contribution in [-0.2, 0) is 4.79 Å². The Balaban J connectivity index is 2.00. The van der Waals surface area contributed by atoms with E-state index < -0.39 is 0 Å². The van der Waals surface area contributed by atoms with E-state index in [1.807, 2.05) is 19.1 Å². The van der Waals surface area contributed by atoms with Crippen molar-refractivity contribution in [2.24, 2.45) is 17.6 Å². The molecule has 1 aliphatic rings. The van der Waals surface area contributed by atoms with Crippen molar-refractivity contribution >= 4 is 11.6 Å². The smallest absolute Gasteiger partial charge is 0.227 e. The van der Waals surface area contributed by atoms with Crippen LogP contribution in [0.4, 0.5) is 5.69 Å². The van der Waals surface area contributed by atoms with Crippen LogP contribution in [0, 0.1) is 18.8 Å². The number of nitrogens with two attached hydrogens (primary N) is 1. The monoisotopic (exact) mass is 247 g/mol. The molecule has 0 radical (unpaired) electrons. The second kappa shape index (κ2) is 5.96. The van der Waals surface area contributed by atoms with Crippen LogP contribution >= 0.6 is 0 Å². The first-order valence-corrected chi connectivity index (χ1v) is 6.64. The molecule has 1 aromatic heterocycles. The van der Waals surface area contributed by atoms with Gasteiger partial charge in [0, 0.05) is 11.6 Å². The molecule has 0 aliphatic heterocycles. The van der Waals surface area contributed by atoms with Gasteiger partial charge in [0.15, 0.2) is 0 Å². The molecule has 1 aliphatic carbocycles. The van der Waals surface area contributed by atoms with Crippen LogP contribution in [0.3, 0.4) is 0 Å². The maximum absolute atomic E-state index is 12.2. The zero-order valence-corrected chi connectivity index (χ0v) is 10.9. The number of aryl methyl sites for hydroxylation is 1. The summed E-state index contributed by atoms with van der Waals surface area (Å²) in [5.74, 6) is 0.484. The number of nitrogens with one attached hydrogen (secondary N) is 1. The van der Waals surface area contributed by atoms with Crippen LogP contribution < -0.4 is 11.1 Å². The van der Waals surface area contributed by atoms with Gasteiger partial charge in [-0.2, -0.15) is 0 Å². The Labute approximate surface area is 108 Å². The maximum Gasteiger partial charge on any atom is 0.227 e. The number of anilines is 1. The highest BCUT2D eigenvalue weighted by Crippen LogP contribution is 2.30. The Bertz CT molecular complexity index is 402. The fourth-order valence-corrected chi connectivity index (χ4v) is 2.61. The third kappa shape index (κ3) is 3.07. The van der Waals surface area contributed by atoms with E-state index in [-0.39, 0.29) is 11.8 Å². The van der Waals surface area contributed by atoms with Gasteiger partial charge in [0.05, 0.1) is 11.9 Å². The Morgan fingerprint density at radius 2 is 2.22 bits per heavy atom. The quantitative estimate of drug-likeness (QED) is 0.859. The lowest BCUT2D eigenvalue weighted by atomic mass is 9.79. The van der Waals surface area contributed by atoms with Crippen molar-refractivity contribution in [1.82, 2.24) is 4.98 Å². The van der Waals surface area contributed by atoms with Crippen LogP contribution in [0.1, 0.15) is 31.4 Å². The number of pyridine rings is 1. The summed E-state index contributed by atoms with van der Waals surface area (Å²) in [5, 5.41) is 2.95. The van der Waals surface area contributed by atoms with Gasteiger partial charge < -0.3 is 11.1 Å². The van der Waals surface area contributed by atoms with Crippen molar-refractivity contribution in [1.29, 1.82) is 0 Å². The predicted octanol–water partition coefficient (Wildman–Crippen LogP) is 2.09. The third-order valence-electron chi connectivity index (χ3n) is 3.73. The van der Waals surface area contributed by atoms with E-state index in [1.165, 1.54) is 6.42 Å². The summed E-state index contributed by atoms with van der Waals surface area (Å²) in [7, 11) is 0. The van der Waals surface area contributed by atoms with Gasteiger partial charge in [-0.3, -0.25) is 9.78 Å². The molecule has 1 amide bonds. The minimum absolute atomic E-state index is 0.0602. The Morgan fingerprint density at radius 1 is 1.44 bits per heavy atom. The summed E-state index contributed by atoms with van der Waals surface area (Å²) in [4.78, 5) is 16.4. The fourth-order valence-electron chi connectivity index (χ4n) is 2.61. The van der Waals surface area contributed by atoms with Crippen LogP contribution in [0.2, 0.25) is 0 Å². The zero-order valence-electron chi connectivity index (χ0n) is 10.9. The van der Waals surface area contributed by atoms with Gasteiger partial charge in [-0.25, -0.2) is 0 Å². The number of hydrogen-bond donors (Lipinski definition) is 2. The molecular formula is C14H21N3O. The van der Waals surface area contributed by atoms with Crippen molar-refractivity contribution in [2.75, 3.05) is 11.9 Å². The molecule has 4 heteroatoms. The van der Waals surface area contributed by atoms with Crippen molar-refractivity contribution < 1.29 is 4.79 Å². The SMILES string of the molecule is Cc1ccc(NC(=O)C2CCCCC2CN)cn1. The van der Waals surface area contributed by atoms with Gasteiger partial charge in [-0.05, 0) is 44.4 Å². The summed E-state index contributed by atoms with van der Waals surface area (Å²) in [6.07, 6.45) is 6.04. The highest BCUT2D eigenvalue weighted by atomic mass is 16.1. The van der Waals surface area contributed by atoms with Gasteiger partial charge in [0.1, 0.15) is 0 Å². The van der Waals surface area contributed by atoms with Crippen LogP contribution in [0.15, 0.2) is 18.3 Å². The predicted molar refractivity (Wildman–Crippen MR) is 72.1 cm³/mol. The van der Waals surface area contributed by atoms with Crippen LogP contribution in [0.5, 0.6) is 0 Å². The van der Waals surface area contributed by atoms with Gasteiger partial charge >= 0.3 is 0 Å². The number of hydrogen-bond acceptors (Lipinski definition) is 3. The van der Waals surface area contributed by atoms with Crippen molar-refractivity contribution in [3.05, 3.63) is 24.0 Å². The Morgan fingerprint density at radius 3 is 2.89 bits per heavy atom. The number of amides is 1. The second-order valence-electron chi connectivity index (χ2n) is 5.06. The standard InChI is InChI=1S/C14H21N3O/c1-10-6-7-12(9-16-10)17-14(18)13-5-3-2-4-11(13)8-15/h6-7,9,11,13H,2-5,8,15H2,1H3,(H,17,18). The molecule has 0 spiro atoms. The molecule has 0 saturated heterocycles. The number of carbonyl (C=O) groups is 1. The third-order valence-corrected chi connectivity index (χ3v) is 3.73. The molecular weight excluding hydrogens is 226 g/mol. The van der Waals surface area contributed by atoms with E-state index in [0.717, 1.165) is 30.6 Å². The molecule has 1 aromatic rings. The lowest BCUT2D eigenvalue weighted by Crippen LogP contribution is -2.35. The summed E-state index contributed by atoms with van der Waals surface area (Å²) in [6.45, 7) is 2.53. The van der Waals surface area contributed by atoms with Gasteiger partial charge in [0.2, 0.25) is 5.91 Å². The lowest BCUT2D eigenvalue weighted by Gasteiger charge is -2.29. The number of carbonyl (C=O) groups excluding carboxylic acids is 1.